The summed E-state index contributed by atoms with van der Waals surface area (Å²) >= 11 is 0. The van der Waals surface area contributed by atoms with Crippen LogP contribution in [0, 0.1) is 0 Å². The highest BCUT2D eigenvalue weighted by Crippen LogP contribution is 2.24. The van der Waals surface area contributed by atoms with Crippen LogP contribution in [0.2, 0.25) is 0 Å². The third-order valence-electron chi connectivity index (χ3n) is 2.07. The Bertz CT molecular complexity index is 437. The number of hydrogen-bond acceptors (Lipinski definition) is 3. The largest absolute Gasteiger partial charge is 0.397 e. The molecule has 3 N–H and O–H groups in total. The molecule has 0 radical (unpaired) electrons. The van der Waals surface area contributed by atoms with Crippen LogP contribution in [0.4, 0.5) is 11.4 Å². The molecule has 66 valence electrons. The van der Waals surface area contributed by atoms with E-state index in [4.69, 9.17) is 5.73 Å². The van der Waals surface area contributed by atoms with Crippen LogP contribution in [0.15, 0.2) is 30.5 Å². The second-order valence-corrected chi connectivity index (χ2v) is 2.85. The zero-order chi connectivity index (χ0) is 9.26. The average molecular weight is 173 g/mol. The Morgan fingerprint density at radius 2 is 2.15 bits per heavy atom. The van der Waals surface area contributed by atoms with E-state index in [0.717, 1.165) is 22.3 Å². The third kappa shape index (κ3) is 1.18. The summed E-state index contributed by atoms with van der Waals surface area (Å²) in [6, 6.07) is 7.72. The number of hydrogen-bond donors (Lipinski definition) is 2. The zero-order valence-electron chi connectivity index (χ0n) is 7.41. The van der Waals surface area contributed by atoms with E-state index < -0.39 is 0 Å². The van der Waals surface area contributed by atoms with E-state index in [1.54, 1.807) is 6.20 Å². The Hall–Kier alpha value is -1.77. The van der Waals surface area contributed by atoms with Crippen LogP contribution in [-0.2, 0) is 0 Å². The monoisotopic (exact) mass is 173 g/mol. The fourth-order valence-corrected chi connectivity index (χ4v) is 1.42. The maximum Gasteiger partial charge on any atom is 0.0951 e. The van der Waals surface area contributed by atoms with Gasteiger partial charge in [-0.25, -0.2) is 0 Å². The number of rotatable bonds is 1. The SMILES string of the molecule is CNc1ccnc2c(N)cccc12. The van der Waals surface area contributed by atoms with Crippen molar-refractivity contribution < 1.29 is 0 Å². The van der Waals surface area contributed by atoms with E-state index in [1.807, 2.05) is 31.3 Å². The van der Waals surface area contributed by atoms with Gasteiger partial charge in [0.1, 0.15) is 0 Å². The van der Waals surface area contributed by atoms with Crippen molar-refractivity contribution in [3.8, 4) is 0 Å². The molecule has 0 fully saturated rings. The van der Waals surface area contributed by atoms with Crippen molar-refractivity contribution in [3.05, 3.63) is 30.5 Å². The van der Waals surface area contributed by atoms with E-state index in [-0.39, 0.29) is 0 Å². The lowest BCUT2D eigenvalue weighted by molar-refractivity contribution is 1.40. The first kappa shape index (κ1) is 7.86. The second kappa shape index (κ2) is 2.94. The van der Waals surface area contributed by atoms with Crippen LogP contribution in [-0.4, -0.2) is 12.0 Å². The van der Waals surface area contributed by atoms with Crippen molar-refractivity contribution in [1.29, 1.82) is 0 Å². The number of benzene rings is 1. The van der Waals surface area contributed by atoms with Crippen LogP contribution in [0.1, 0.15) is 0 Å². The van der Waals surface area contributed by atoms with Crippen molar-refractivity contribution in [2.75, 3.05) is 18.1 Å². The van der Waals surface area contributed by atoms with Gasteiger partial charge in [0.15, 0.2) is 0 Å². The number of fused-ring (bicyclic) bond motifs is 1. The van der Waals surface area contributed by atoms with E-state index in [9.17, 15) is 0 Å². The first-order chi connectivity index (χ1) is 6.33. The smallest absolute Gasteiger partial charge is 0.0951 e. The molecular weight excluding hydrogens is 162 g/mol. The number of nitrogen functional groups attached to an aromatic ring is 1. The zero-order valence-corrected chi connectivity index (χ0v) is 7.41. The van der Waals surface area contributed by atoms with Crippen molar-refractivity contribution >= 4 is 22.3 Å². The topological polar surface area (TPSA) is 50.9 Å². The summed E-state index contributed by atoms with van der Waals surface area (Å²) in [6.45, 7) is 0. The molecule has 0 aliphatic heterocycles. The quantitative estimate of drug-likeness (QED) is 0.647. The van der Waals surface area contributed by atoms with Gasteiger partial charge in [-0.15, -0.1) is 0 Å². The fourth-order valence-electron chi connectivity index (χ4n) is 1.42. The number of nitrogens with zero attached hydrogens (tertiary/aromatic N) is 1. The van der Waals surface area contributed by atoms with Crippen LogP contribution < -0.4 is 11.1 Å². The molecule has 0 atom stereocenters. The first-order valence-corrected chi connectivity index (χ1v) is 4.14. The maximum absolute atomic E-state index is 5.79. The van der Waals surface area contributed by atoms with Gasteiger partial charge in [-0.1, -0.05) is 12.1 Å². The van der Waals surface area contributed by atoms with Gasteiger partial charge in [0, 0.05) is 24.3 Å². The fraction of sp³-hybridized carbons (Fsp3) is 0.100. The molecule has 2 aromatic rings. The molecule has 2 rings (SSSR count). The number of nitrogens with two attached hydrogens (primary N) is 1. The Balaban J connectivity index is 2.84. The second-order valence-electron chi connectivity index (χ2n) is 2.85. The van der Waals surface area contributed by atoms with Gasteiger partial charge in [0.2, 0.25) is 0 Å². The van der Waals surface area contributed by atoms with Gasteiger partial charge in [-0.3, -0.25) is 4.98 Å². The molecule has 0 amide bonds. The van der Waals surface area contributed by atoms with Gasteiger partial charge < -0.3 is 11.1 Å². The minimum atomic E-state index is 0.717. The predicted molar refractivity (Wildman–Crippen MR) is 55.7 cm³/mol. The van der Waals surface area contributed by atoms with E-state index >= 15 is 0 Å². The van der Waals surface area contributed by atoms with Crippen molar-refractivity contribution in [1.82, 2.24) is 4.98 Å². The first-order valence-electron chi connectivity index (χ1n) is 4.14. The lowest BCUT2D eigenvalue weighted by atomic mass is 10.1. The number of nitrogens with one attached hydrogen (secondary N) is 1. The standard InChI is InChI=1S/C10H11N3/c1-12-9-5-6-13-10-7(9)3-2-4-8(10)11/h2-6H,11H2,1H3,(H,12,13). The summed E-state index contributed by atoms with van der Waals surface area (Å²) in [4.78, 5) is 4.22. The lowest BCUT2D eigenvalue weighted by Gasteiger charge is -2.05. The Labute approximate surface area is 76.6 Å². The van der Waals surface area contributed by atoms with Crippen LogP contribution in [0.5, 0.6) is 0 Å². The third-order valence-corrected chi connectivity index (χ3v) is 2.07. The Morgan fingerprint density at radius 3 is 2.92 bits per heavy atom. The molecule has 3 heteroatoms. The van der Waals surface area contributed by atoms with Gasteiger partial charge in [-0.05, 0) is 12.1 Å². The molecule has 1 aromatic carbocycles. The van der Waals surface area contributed by atoms with E-state index in [0.29, 0.717) is 0 Å². The predicted octanol–water partition coefficient (Wildman–Crippen LogP) is 1.86. The maximum atomic E-state index is 5.79. The molecule has 13 heavy (non-hydrogen) atoms. The molecule has 3 nitrogen and oxygen atoms in total. The number of para-hydroxylation sites is 1. The summed E-state index contributed by atoms with van der Waals surface area (Å²) in [6.07, 6.45) is 1.75. The van der Waals surface area contributed by atoms with Gasteiger partial charge in [0.05, 0.1) is 11.2 Å². The van der Waals surface area contributed by atoms with Crippen LogP contribution in [0.25, 0.3) is 10.9 Å². The summed E-state index contributed by atoms with van der Waals surface area (Å²) in [7, 11) is 1.89. The molecule has 1 heterocycles. The lowest BCUT2D eigenvalue weighted by Crippen LogP contribution is -1.93. The molecule has 0 aliphatic rings. The number of aromatic nitrogens is 1. The van der Waals surface area contributed by atoms with Gasteiger partial charge in [0.25, 0.3) is 0 Å². The molecule has 1 aromatic heterocycles. The highest BCUT2D eigenvalue weighted by molar-refractivity contribution is 5.97. The van der Waals surface area contributed by atoms with Crippen LogP contribution in [0.3, 0.4) is 0 Å². The van der Waals surface area contributed by atoms with E-state index in [2.05, 4.69) is 10.3 Å². The molecule has 0 bridgehead atoms. The van der Waals surface area contributed by atoms with E-state index in [1.165, 1.54) is 0 Å². The summed E-state index contributed by atoms with van der Waals surface area (Å²) < 4.78 is 0. The van der Waals surface area contributed by atoms with Gasteiger partial charge >= 0.3 is 0 Å². The molecule has 0 saturated carbocycles. The minimum Gasteiger partial charge on any atom is -0.397 e. The molecule has 0 saturated heterocycles. The van der Waals surface area contributed by atoms with Crippen molar-refractivity contribution in [3.63, 3.8) is 0 Å². The summed E-state index contributed by atoms with van der Waals surface area (Å²) in [5.74, 6) is 0. The number of pyridine rings is 1. The average Bonchev–Trinajstić information content (AvgIpc) is 2.18. The highest BCUT2D eigenvalue weighted by atomic mass is 14.8. The summed E-state index contributed by atoms with van der Waals surface area (Å²) in [5.41, 5.74) is 8.42. The minimum absolute atomic E-state index is 0.717. The normalized spacial score (nSPS) is 10.2. The Kier molecular flexibility index (Phi) is 1.77. The molecule has 0 aliphatic carbocycles. The number of anilines is 2. The summed E-state index contributed by atoms with van der Waals surface area (Å²) in [5, 5.41) is 4.16. The Morgan fingerprint density at radius 1 is 1.31 bits per heavy atom. The van der Waals surface area contributed by atoms with Gasteiger partial charge in [-0.2, -0.15) is 0 Å². The highest BCUT2D eigenvalue weighted by Gasteiger charge is 2.01. The van der Waals surface area contributed by atoms with Crippen molar-refractivity contribution in [2.24, 2.45) is 0 Å². The molecular formula is C10H11N3. The van der Waals surface area contributed by atoms with Crippen LogP contribution >= 0.6 is 0 Å². The molecule has 0 unspecified atom stereocenters. The van der Waals surface area contributed by atoms with Crippen molar-refractivity contribution in [2.45, 2.75) is 0 Å². The molecule has 0 spiro atoms.